The van der Waals surface area contributed by atoms with Crippen LogP contribution in [-0.2, 0) is 27.3 Å². The summed E-state index contributed by atoms with van der Waals surface area (Å²) in [6.45, 7) is 0.102. The van der Waals surface area contributed by atoms with Crippen LogP contribution in [0.3, 0.4) is 0 Å². The summed E-state index contributed by atoms with van der Waals surface area (Å²) in [5.41, 5.74) is 2.94. The number of fused-ring (bicyclic) bond motifs is 4. The summed E-state index contributed by atoms with van der Waals surface area (Å²) in [5.74, 6) is -1.87. The molecule has 0 aliphatic carbocycles. The van der Waals surface area contributed by atoms with Gasteiger partial charge in [-0.2, -0.15) is 5.10 Å². The third-order valence-electron chi connectivity index (χ3n) is 4.46. The van der Waals surface area contributed by atoms with Gasteiger partial charge in [0.05, 0.1) is 6.54 Å². The van der Waals surface area contributed by atoms with Crippen molar-refractivity contribution in [3.63, 3.8) is 0 Å². The lowest BCUT2D eigenvalue weighted by Crippen LogP contribution is -2.60. The minimum absolute atomic E-state index is 0.241. The first-order valence-corrected chi connectivity index (χ1v) is 7.51. The fourth-order valence-electron chi connectivity index (χ4n) is 3.38. The van der Waals surface area contributed by atoms with Crippen molar-refractivity contribution in [3.8, 4) is 0 Å². The molecular weight excluding hydrogens is 312 g/mol. The molecular formula is C16H14N4O4. The highest BCUT2D eigenvalue weighted by atomic mass is 16.4. The van der Waals surface area contributed by atoms with Gasteiger partial charge in [-0.1, -0.05) is 18.2 Å². The van der Waals surface area contributed by atoms with Crippen molar-refractivity contribution in [2.45, 2.75) is 19.0 Å². The predicted octanol–water partition coefficient (Wildman–Crippen LogP) is 0.334. The van der Waals surface area contributed by atoms with Gasteiger partial charge in [0.25, 0.3) is 5.91 Å². The predicted molar refractivity (Wildman–Crippen MR) is 84.2 cm³/mol. The number of hydrogen-bond donors (Lipinski definition) is 2. The van der Waals surface area contributed by atoms with Gasteiger partial charge >= 0.3 is 5.97 Å². The molecule has 0 saturated carbocycles. The summed E-state index contributed by atoms with van der Waals surface area (Å²) < 4.78 is 0. The van der Waals surface area contributed by atoms with Crippen LogP contribution < -0.4 is 0 Å². The van der Waals surface area contributed by atoms with Crippen LogP contribution in [0.4, 0.5) is 0 Å². The van der Waals surface area contributed by atoms with Gasteiger partial charge in [-0.25, -0.2) is 9.80 Å². The van der Waals surface area contributed by atoms with Gasteiger partial charge < -0.3 is 15.0 Å². The molecule has 0 spiro atoms. The van der Waals surface area contributed by atoms with Crippen LogP contribution in [0.25, 0.3) is 10.9 Å². The Morgan fingerprint density at radius 2 is 2.08 bits per heavy atom. The monoisotopic (exact) mass is 326 g/mol. The van der Waals surface area contributed by atoms with Gasteiger partial charge in [-0.3, -0.25) is 9.59 Å². The molecule has 3 heterocycles. The number of hydrogen-bond acceptors (Lipinski definition) is 4. The molecule has 1 aromatic heterocycles. The Bertz CT molecular complexity index is 901. The Balaban J connectivity index is 1.71. The average molecular weight is 326 g/mol. The van der Waals surface area contributed by atoms with E-state index in [-0.39, 0.29) is 18.4 Å². The quantitative estimate of drug-likeness (QED) is 0.776. The summed E-state index contributed by atoms with van der Waals surface area (Å²) >= 11 is 0. The Morgan fingerprint density at radius 1 is 1.29 bits per heavy atom. The largest absolute Gasteiger partial charge is 0.477 e. The number of rotatable bonds is 2. The molecule has 2 N–H and O–H groups in total. The highest BCUT2D eigenvalue weighted by Crippen LogP contribution is 2.32. The lowest BCUT2D eigenvalue weighted by atomic mass is 9.94. The van der Waals surface area contributed by atoms with Crippen molar-refractivity contribution in [1.29, 1.82) is 0 Å². The van der Waals surface area contributed by atoms with E-state index in [0.29, 0.717) is 19.2 Å². The minimum atomic E-state index is -1.26. The summed E-state index contributed by atoms with van der Waals surface area (Å²) in [7, 11) is 0. The second-order valence-corrected chi connectivity index (χ2v) is 5.85. The molecule has 122 valence electrons. The van der Waals surface area contributed by atoms with E-state index in [1.165, 1.54) is 4.90 Å². The SMILES string of the molecule is O=C(O)/C=N/N1CC(=O)N2Cc3[nH]c4ccccc4c3C[C@@H]2C1=O. The van der Waals surface area contributed by atoms with Gasteiger partial charge in [0.2, 0.25) is 5.91 Å². The van der Waals surface area contributed by atoms with Crippen LogP contribution in [0.15, 0.2) is 29.4 Å². The molecule has 2 amide bonds. The molecule has 1 saturated heterocycles. The summed E-state index contributed by atoms with van der Waals surface area (Å²) in [6, 6.07) is 7.15. The third kappa shape index (κ3) is 2.15. The molecule has 1 atom stereocenters. The third-order valence-corrected chi connectivity index (χ3v) is 4.46. The molecule has 0 unspecified atom stereocenters. The molecule has 1 fully saturated rings. The number of carbonyl (C=O) groups is 3. The minimum Gasteiger partial charge on any atom is -0.477 e. The van der Waals surface area contributed by atoms with Crippen molar-refractivity contribution in [2.75, 3.05) is 6.54 Å². The Hall–Kier alpha value is -3.16. The van der Waals surface area contributed by atoms with Crippen molar-refractivity contribution >= 4 is 34.9 Å². The number of H-pyrrole nitrogens is 1. The number of para-hydroxylation sites is 1. The van der Waals surface area contributed by atoms with Crippen LogP contribution in [0.5, 0.6) is 0 Å². The number of amides is 2. The van der Waals surface area contributed by atoms with Crippen LogP contribution in [0.1, 0.15) is 11.3 Å². The lowest BCUT2D eigenvalue weighted by Gasteiger charge is -2.40. The van der Waals surface area contributed by atoms with Gasteiger partial charge in [0, 0.05) is 23.0 Å². The van der Waals surface area contributed by atoms with E-state index < -0.39 is 12.0 Å². The standard InChI is InChI=1S/C16H14N4O4/c21-14-8-20(17-6-15(22)23)16(24)13-5-10-9-3-1-2-4-11(9)18-12(10)7-19(13)14/h1-4,6,13,18H,5,7-8H2,(H,22,23)/b17-6+/t13-/m1/s1. The van der Waals surface area contributed by atoms with E-state index in [0.717, 1.165) is 27.2 Å². The maximum absolute atomic E-state index is 12.6. The number of carbonyl (C=O) groups excluding carboxylic acids is 2. The van der Waals surface area contributed by atoms with Crippen LogP contribution in [0, 0.1) is 0 Å². The van der Waals surface area contributed by atoms with E-state index in [9.17, 15) is 14.4 Å². The molecule has 8 heteroatoms. The second kappa shape index (κ2) is 5.19. The Labute approximate surface area is 136 Å². The molecule has 1 aromatic carbocycles. The molecule has 2 aromatic rings. The van der Waals surface area contributed by atoms with E-state index >= 15 is 0 Å². The van der Waals surface area contributed by atoms with Crippen LogP contribution in [-0.4, -0.2) is 56.6 Å². The Kier molecular flexibility index (Phi) is 3.12. The van der Waals surface area contributed by atoms with E-state index in [2.05, 4.69) is 10.1 Å². The topological polar surface area (TPSA) is 106 Å². The molecule has 0 bridgehead atoms. The maximum Gasteiger partial charge on any atom is 0.348 e. The van der Waals surface area contributed by atoms with Crippen molar-refractivity contribution in [1.82, 2.24) is 14.9 Å². The maximum atomic E-state index is 12.6. The summed E-state index contributed by atoms with van der Waals surface area (Å²) in [5, 5.41) is 14.3. The molecule has 8 nitrogen and oxygen atoms in total. The smallest absolute Gasteiger partial charge is 0.348 e. The number of hydrazone groups is 1. The van der Waals surface area contributed by atoms with E-state index in [1.54, 1.807) is 0 Å². The number of carboxylic acid groups (broad SMARTS) is 1. The van der Waals surface area contributed by atoms with Crippen molar-refractivity contribution < 1.29 is 19.5 Å². The number of nitrogens with zero attached hydrogens (tertiary/aromatic N) is 3. The zero-order chi connectivity index (χ0) is 16.8. The molecule has 2 aliphatic heterocycles. The van der Waals surface area contributed by atoms with Crippen LogP contribution in [0.2, 0.25) is 0 Å². The average Bonchev–Trinajstić information content (AvgIpc) is 2.93. The number of aliphatic carboxylic acids is 1. The number of aromatic amines is 1. The molecule has 24 heavy (non-hydrogen) atoms. The zero-order valence-electron chi connectivity index (χ0n) is 12.6. The normalized spacial score (nSPS) is 20.6. The number of carboxylic acids is 1. The highest BCUT2D eigenvalue weighted by Gasteiger charge is 2.43. The first-order chi connectivity index (χ1) is 11.5. The molecule has 4 rings (SSSR count). The fourth-order valence-corrected chi connectivity index (χ4v) is 3.38. The van der Waals surface area contributed by atoms with Crippen molar-refractivity contribution in [2.24, 2.45) is 5.10 Å². The van der Waals surface area contributed by atoms with E-state index in [1.807, 2.05) is 24.3 Å². The zero-order valence-corrected chi connectivity index (χ0v) is 12.6. The van der Waals surface area contributed by atoms with Gasteiger partial charge in [0.1, 0.15) is 18.8 Å². The van der Waals surface area contributed by atoms with Gasteiger partial charge in [0.15, 0.2) is 0 Å². The highest BCUT2D eigenvalue weighted by molar-refractivity contribution is 6.22. The second-order valence-electron chi connectivity index (χ2n) is 5.85. The van der Waals surface area contributed by atoms with Crippen LogP contribution >= 0.6 is 0 Å². The summed E-state index contributed by atoms with van der Waals surface area (Å²) in [6.07, 6.45) is 1.02. The first-order valence-electron chi connectivity index (χ1n) is 7.51. The van der Waals surface area contributed by atoms with Gasteiger partial charge in [-0.15, -0.1) is 0 Å². The fraction of sp³-hybridized carbons (Fsp3) is 0.250. The lowest BCUT2D eigenvalue weighted by molar-refractivity contribution is -0.157. The Morgan fingerprint density at radius 3 is 2.88 bits per heavy atom. The molecule has 2 aliphatic rings. The van der Waals surface area contributed by atoms with Gasteiger partial charge in [-0.05, 0) is 11.6 Å². The summed E-state index contributed by atoms with van der Waals surface area (Å²) in [4.78, 5) is 40.4. The number of benzene rings is 1. The number of aromatic nitrogens is 1. The van der Waals surface area contributed by atoms with E-state index in [4.69, 9.17) is 5.11 Å². The number of nitrogens with one attached hydrogen (secondary N) is 1. The number of piperazine rings is 1. The first kappa shape index (κ1) is 14.4. The van der Waals surface area contributed by atoms with Crippen molar-refractivity contribution in [3.05, 3.63) is 35.5 Å². The molecule has 0 radical (unpaired) electrons.